The molecule has 0 N–H and O–H groups in total. The fraction of sp³-hybridized carbons (Fsp3) is 0.750. The number of carbonyl (C=O) groups is 1. The van der Waals surface area contributed by atoms with Crippen LogP contribution in [0.4, 0.5) is 0 Å². The Morgan fingerprint density at radius 1 is 1.12 bits per heavy atom. The number of hydrogen-bond donors (Lipinski definition) is 0. The standard InChI is InChI=1S/C12H24O4Si/c1-5-7-15-17(16-8-6-2)10-9-14-12(13)11(3)4/h17H,3,5-10H2,1-2,4H3. The largest absolute Gasteiger partial charge is 0.462 e. The fourth-order valence-corrected chi connectivity index (χ4v) is 2.82. The molecule has 5 heteroatoms. The van der Waals surface area contributed by atoms with Crippen molar-refractivity contribution < 1.29 is 18.4 Å². The zero-order chi connectivity index (χ0) is 13.1. The van der Waals surface area contributed by atoms with Crippen LogP contribution in [0.3, 0.4) is 0 Å². The molecular weight excluding hydrogens is 236 g/mol. The predicted molar refractivity (Wildman–Crippen MR) is 70.2 cm³/mol. The van der Waals surface area contributed by atoms with Gasteiger partial charge in [-0.2, -0.15) is 0 Å². The third-order valence-corrected chi connectivity index (χ3v) is 3.87. The molecule has 0 heterocycles. The number of rotatable bonds is 10. The highest BCUT2D eigenvalue weighted by atomic mass is 28.3. The van der Waals surface area contributed by atoms with Crippen molar-refractivity contribution in [2.75, 3.05) is 19.8 Å². The second kappa shape index (κ2) is 10.5. The lowest BCUT2D eigenvalue weighted by molar-refractivity contribution is -0.138. The van der Waals surface area contributed by atoms with E-state index in [9.17, 15) is 4.79 Å². The molecule has 0 saturated heterocycles. The van der Waals surface area contributed by atoms with Crippen LogP contribution >= 0.6 is 0 Å². The monoisotopic (exact) mass is 260 g/mol. The number of hydrogen-bond acceptors (Lipinski definition) is 4. The van der Waals surface area contributed by atoms with Gasteiger partial charge >= 0.3 is 15.3 Å². The van der Waals surface area contributed by atoms with Gasteiger partial charge in [-0.05, 0) is 19.8 Å². The van der Waals surface area contributed by atoms with Crippen LogP contribution in [0.25, 0.3) is 0 Å². The van der Waals surface area contributed by atoms with Gasteiger partial charge < -0.3 is 13.6 Å². The van der Waals surface area contributed by atoms with E-state index in [0.29, 0.717) is 18.2 Å². The summed E-state index contributed by atoms with van der Waals surface area (Å²) >= 11 is 0. The minimum absolute atomic E-state index is 0.344. The highest BCUT2D eigenvalue weighted by Crippen LogP contribution is 2.02. The summed E-state index contributed by atoms with van der Waals surface area (Å²) in [5.41, 5.74) is 0.423. The van der Waals surface area contributed by atoms with E-state index >= 15 is 0 Å². The van der Waals surface area contributed by atoms with E-state index in [4.69, 9.17) is 13.6 Å². The molecule has 0 fully saturated rings. The van der Waals surface area contributed by atoms with E-state index in [1.54, 1.807) is 6.92 Å². The van der Waals surface area contributed by atoms with Crippen LogP contribution < -0.4 is 0 Å². The van der Waals surface area contributed by atoms with Crippen LogP contribution in [-0.4, -0.2) is 35.1 Å². The van der Waals surface area contributed by atoms with E-state index in [1.807, 2.05) is 0 Å². The average Bonchev–Trinajstić information content (AvgIpc) is 2.31. The van der Waals surface area contributed by atoms with Crippen LogP contribution in [0, 0.1) is 0 Å². The van der Waals surface area contributed by atoms with Crippen molar-refractivity contribution in [3.63, 3.8) is 0 Å². The first-order chi connectivity index (χ1) is 8.11. The second-order valence-corrected chi connectivity index (χ2v) is 5.98. The lowest BCUT2D eigenvalue weighted by Gasteiger charge is -2.16. The summed E-state index contributed by atoms with van der Waals surface area (Å²) < 4.78 is 16.3. The Balaban J connectivity index is 3.81. The van der Waals surface area contributed by atoms with Crippen molar-refractivity contribution in [3.05, 3.63) is 12.2 Å². The maximum Gasteiger partial charge on any atom is 0.333 e. The Labute approximate surface area is 106 Å². The third kappa shape index (κ3) is 9.09. The van der Waals surface area contributed by atoms with Gasteiger partial charge in [0.05, 0.1) is 6.61 Å². The topological polar surface area (TPSA) is 44.8 Å². The predicted octanol–water partition coefficient (Wildman–Crippen LogP) is 2.18. The SMILES string of the molecule is C=C(C)C(=O)OCC[SiH](OCCC)OCCC. The maximum atomic E-state index is 11.2. The van der Waals surface area contributed by atoms with Gasteiger partial charge in [-0.3, -0.25) is 0 Å². The molecule has 0 aliphatic heterocycles. The van der Waals surface area contributed by atoms with Gasteiger partial charge in [-0.25, -0.2) is 4.79 Å². The molecule has 0 spiro atoms. The molecule has 4 nitrogen and oxygen atoms in total. The van der Waals surface area contributed by atoms with Crippen molar-refractivity contribution in [1.29, 1.82) is 0 Å². The Bertz CT molecular complexity index is 223. The van der Waals surface area contributed by atoms with E-state index in [0.717, 1.165) is 26.1 Å². The lowest BCUT2D eigenvalue weighted by Crippen LogP contribution is -2.26. The Morgan fingerprint density at radius 2 is 1.65 bits per heavy atom. The summed E-state index contributed by atoms with van der Waals surface area (Å²) in [6.45, 7) is 11.1. The smallest absolute Gasteiger partial charge is 0.333 e. The van der Waals surface area contributed by atoms with Crippen molar-refractivity contribution in [1.82, 2.24) is 0 Å². The van der Waals surface area contributed by atoms with Crippen molar-refractivity contribution in [3.8, 4) is 0 Å². The first-order valence-corrected chi connectivity index (χ1v) is 7.93. The van der Waals surface area contributed by atoms with Crippen LogP contribution in [0.5, 0.6) is 0 Å². The first-order valence-electron chi connectivity index (χ1n) is 6.17. The second-order valence-electron chi connectivity index (χ2n) is 3.88. The van der Waals surface area contributed by atoms with Crippen molar-refractivity contribution >= 4 is 15.3 Å². The molecule has 0 radical (unpaired) electrons. The number of ether oxygens (including phenoxy) is 1. The van der Waals surface area contributed by atoms with Crippen molar-refractivity contribution in [2.45, 2.75) is 39.7 Å². The minimum atomic E-state index is -1.67. The van der Waals surface area contributed by atoms with Crippen molar-refractivity contribution in [2.24, 2.45) is 0 Å². The molecule has 0 bridgehead atoms. The van der Waals surface area contributed by atoms with Gasteiger partial charge in [0, 0.05) is 24.8 Å². The van der Waals surface area contributed by atoms with E-state index < -0.39 is 9.28 Å². The molecule has 0 aromatic carbocycles. The molecule has 0 aliphatic carbocycles. The number of carbonyl (C=O) groups excluding carboxylic acids is 1. The third-order valence-electron chi connectivity index (χ3n) is 1.95. The summed E-state index contributed by atoms with van der Waals surface area (Å²) in [5, 5.41) is 0. The summed E-state index contributed by atoms with van der Waals surface area (Å²) in [6, 6.07) is 0.693. The van der Waals surface area contributed by atoms with Gasteiger partial charge in [0.15, 0.2) is 0 Å². The molecule has 0 rings (SSSR count). The summed E-state index contributed by atoms with van der Waals surface area (Å²) in [4.78, 5) is 11.2. The molecule has 17 heavy (non-hydrogen) atoms. The molecule has 0 aromatic heterocycles. The molecule has 0 aliphatic rings. The van der Waals surface area contributed by atoms with Gasteiger partial charge in [0.1, 0.15) is 0 Å². The Kier molecular flexibility index (Phi) is 10.1. The van der Waals surface area contributed by atoms with E-state index in [1.165, 1.54) is 0 Å². The van der Waals surface area contributed by atoms with Crippen LogP contribution in [-0.2, 0) is 18.4 Å². The van der Waals surface area contributed by atoms with Gasteiger partial charge in [-0.1, -0.05) is 20.4 Å². The zero-order valence-electron chi connectivity index (χ0n) is 11.2. The average molecular weight is 260 g/mol. The fourth-order valence-electron chi connectivity index (χ4n) is 1.08. The lowest BCUT2D eigenvalue weighted by atomic mass is 10.4. The van der Waals surface area contributed by atoms with Crippen LogP contribution in [0.2, 0.25) is 6.04 Å². The summed E-state index contributed by atoms with van der Waals surface area (Å²) in [5.74, 6) is -0.344. The first kappa shape index (κ1) is 16.3. The van der Waals surface area contributed by atoms with Gasteiger partial charge in [0.25, 0.3) is 0 Å². The molecule has 0 saturated carbocycles. The zero-order valence-corrected chi connectivity index (χ0v) is 12.3. The highest BCUT2D eigenvalue weighted by molar-refractivity contribution is 6.44. The van der Waals surface area contributed by atoms with E-state index in [-0.39, 0.29) is 5.97 Å². The Morgan fingerprint density at radius 3 is 2.06 bits per heavy atom. The maximum absolute atomic E-state index is 11.2. The van der Waals surface area contributed by atoms with E-state index in [2.05, 4.69) is 20.4 Å². The quantitative estimate of drug-likeness (QED) is 0.343. The molecule has 0 atom stereocenters. The molecular formula is C12H24O4Si. The Hall–Kier alpha value is -0.653. The summed E-state index contributed by atoms with van der Waals surface area (Å²) in [6.07, 6.45) is 1.95. The van der Waals surface area contributed by atoms with Crippen LogP contribution in [0.15, 0.2) is 12.2 Å². The van der Waals surface area contributed by atoms with Gasteiger partial charge in [0.2, 0.25) is 0 Å². The molecule has 0 amide bonds. The summed E-state index contributed by atoms with van der Waals surface area (Å²) in [7, 11) is -1.67. The normalized spacial score (nSPS) is 10.6. The van der Waals surface area contributed by atoms with Crippen LogP contribution in [0.1, 0.15) is 33.6 Å². The number of esters is 1. The van der Waals surface area contributed by atoms with Gasteiger partial charge in [-0.15, -0.1) is 0 Å². The molecule has 0 aromatic rings. The minimum Gasteiger partial charge on any atom is -0.462 e. The molecule has 0 unspecified atom stereocenters. The molecule has 100 valence electrons. The highest BCUT2D eigenvalue weighted by Gasteiger charge is 2.14.